The zero-order chi connectivity index (χ0) is 14.6. The summed E-state index contributed by atoms with van der Waals surface area (Å²) in [5.74, 6) is -1.15. The van der Waals surface area contributed by atoms with Gasteiger partial charge >= 0.3 is 0 Å². The first-order valence-corrected chi connectivity index (χ1v) is 6.60. The fourth-order valence-corrected chi connectivity index (χ4v) is 1.75. The van der Waals surface area contributed by atoms with Crippen molar-refractivity contribution >= 4 is 27.7 Å². The van der Waals surface area contributed by atoms with Crippen LogP contribution in [0.3, 0.4) is 0 Å². The third-order valence-corrected chi connectivity index (χ3v) is 2.99. The van der Waals surface area contributed by atoms with E-state index in [9.17, 15) is 14.0 Å². The van der Waals surface area contributed by atoms with Crippen LogP contribution in [0.2, 0.25) is 0 Å². The van der Waals surface area contributed by atoms with Crippen LogP contribution in [0.5, 0.6) is 0 Å². The van der Waals surface area contributed by atoms with Crippen molar-refractivity contribution in [1.29, 1.82) is 0 Å². The van der Waals surface area contributed by atoms with Crippen molar-refractivity contribution in [2.75, 3.05) is 13.6 Å². The van der Waals surface area contributed by atoms with Crippen LogP contribution in [0.25, 0.3) is 0 Å². The summed E-state index contributed by atoms with van der Waals surface area (Å²) in [6.45, 7) is 3.61. The lowest BCUT2D eigenvalue weighted by atomic mass is 10.2. The standard InChI is InChI=1S/C13H16BrFN2O2/c1-8(2)16-12(18)7-17(3)13(19)9-4-5-10(14)11(15)6-9/h4-6,8H,7H2,1-3H3,(H,16,18). The topological polar surface area (TPSA) is 49.4 Å². The summed E-state index contributed by atoms with van der Waals surface area (Å²) in [5.41, 5.74) is 0.209. The second-order valence-electron chi connectivity index (χ2n) is 4.51. The highest BCUT2D eigenvalue weighted by Crippen LogP contribution is 2.17. The van der Waals surface area contributed by atoms with E-state index in [0.717, 1.165) is 6.07 Å². The maximum Gasteiger partial charge on any atom is 0.254 e. The number of hydrogen-bond donors (Lipinski definition) is 1. The molecule has 0 aliphatic carbocycles. The van der Waals surface area contributed by atoms with E-state index in [4.69, 9.17) is 0 Å². The van der Waals surface area contributed by atoms with E-state index in [-0.39, 0.29) is 24.1 Å². The van der Waals surface area contributed by atoms with Crippen LogP contribution < -0.4 is 5.32 Å². The van der Waals surface area contributed by atoms with E-state index in [2.05, 4.69) is 21.2 Å². The van der Waals surface area contributed by atoms with Crippen LogP contribution in [-0.2, 0) is 4.79 Å². The van der Waals surface area contributed by atoms with E-state index in [1.54, 1.807) is 0 Å². The predicted molar refractivity (Wildman–Crippen MR) is 74.3 cm³/mol. The van der Waals surface area contributed by atoms with Crippen LogP contribution in [-0.4, -0.2) is 36.3 Å². The van der Waals surface area contributed by atoms with Crippen molar-refractivity contribution in [1.82, 2.24) is 10.2 Å². The molecule has 1 rings (SSSR count). The van der Waals surface area contributed by atoms with Crippen LogP contribution in [0.15, 0.2) is 22.7 Å². The lowest BCUT2D eigenvalue weighted by Gasteiger charge is -2.18. The fraction of sp³-hybridized carbons (Fsp3) is 0.385. The minimum atomic E-state index is -0.508. The number of amides is 2. The van der Waals surface area contributed by atoms with Gasteiger partial charge in [0.15, 0.2) is 0 Å². The maximum absolute atomic E-state index is 13.3. The van der Waals surface area contributed by atoms with Crippen LogP contribution in [0.1, 0.15) is 24.2 Å². The minimum Gasteiger partial charge on any atom is -0.352 e. The first kappa shape index (κ1) is 15.6. The summed E-state index contributed by atoms with van der Waals surface area (Å²) in [5, 5.41) is 2.69. The summed E-state index contributed by atoms with van der Waals surface area (Å²) >= 11 is 3.02. The lowest BCUT2D eigenvalue weighted by Crippen LogP contribution is -2.40. The molecule has 0 atom stereocenters. The highest BCUT2D eigenvalue weighted by atomic mass is 79.9. The van der Waals surface area contributed by atoms with Crippen molar-refractivity contribution in [3.05, 3.63) is 34.1 Å². The van der Waals surface area contributed by atoms with E-state index < -0.39 is 11.7 Å². The van der Waals surface area contributed by atoms with E-state index >= 15 is 0 Å². The predicted octanol–water partition coefficient (Wildman–Crippen LogP) is 2.18. The highest BCUT2D eigenvalue weighted by Gasteiger charge is 2.16. The summed E-state index contributed by atoms with van der Waals surface area (Å²) in [6, 6.07) is 4.13. The Balaban J connectivity index is 2.71. The SMILES string of the molecule is CC(C)NC(=O)CN(C)C(=O)c1ccc(Br)c(F)c1. The Labute approximate surface area is 120 Å². The number of likely N-dealkylation sites (N-methyl/N-ethyl adjacent to an activating group) is 1. The highest BCUT2D eigenvalue weighted by molar-refractivity contribution is 9.10. The van der Waals surface area contributed by atoms with E-state index in [1.165, 1.54) is 24.1 Å². The van der Waals surface area contributed by atoms with Crippen molar-refractivity contribution in [3.8, 4) is 0 Å². The number of halogens is 2. The normalized spacial score (nSPS) is 10.4. The van der Waals surface area contributed by atoms with Crippen molar-refractivity contribution < 1.29 is 14.0 Å². The van der Waals surface area contributed by atoms with Gasteiger partial charge in [0, 0.05) is 18.7 Å². The molecule has 19 heavy (non-hydrogen) atoms. The van der Waals surface area contributed by atoms with Crippen LogP contribution in [0, 0.1) is 5.82 Å². The van der Waals surface area contributed by atoms with Crippen LogP contribution in [0.4, 0.5) is 4.39 Å². The van der Waals surface area contributed by atoms with E-state index in [0.29, 0.717) is 4.47 Å². The van der Waals surface area contributed by atoms with Gasteiger partial charge < -0.3 is 10.2 Å². The molecule has 2 amide bonds. The summed E-state index contributed by atoms with van der Waals surface area (Å²) in [6.07, 6.45) is 0. The summed E-state index contributed by atoms with van der Waals surface area (Å²) < 4.78 is 13.6. The quantitative estimate of drug-likeness (QED) is 0.919. The Bertz CT molecular complexity index is 492. The smallest absolute Gasteiger partial charge is 0.254 e. The molecule has 0 radical (unpaired) electrons. The lowest BCUT2D eigenvalue weighted by molar-refractivity contribution is -0.122. The van der Waals surface area contributed by atoms with Gasteiger partial charge in [0.05, 0.1) is 11.0 Å². The first-order chi connectivity index (χ1) is 8.81. The zero-order valence-corrected chi connectivity index (χ0v) is 12.6. The number of carbonyl (C=O) groups is 2. The van der Waals surface area contributed by atoms with Crippen molar-refractivity contribution in [3.63, 3.8) is 0 Å². The zero-order valence-electron chi connectivity index (χ0n) is 11.0. The number of nitrogens with one attached hydrogen (secondary N) is 1. The van der Waals surface area contributed by atoms with Gasteiger partial charge in [-0.2, -0.15) is 0 Å². The van der Waals surface area contributed by atoms with Gasteiger partial charge in [-0.05, 0) is 48.0 Å². The molecule has 0 unspecified atom stereocenters. The number of nitrogens with zero attached hydrogens (tertiary/aromatic N) is 1. The molecule has 0 heterocycles. The maximum atomic E-state index is 13.3. The Morgan fingerprint density at radius 3 is 2.58 bits per heavy atom. The Morgan fingerprint density at radius 2 is 2.05 bits per heavy atom. The van der Waals surface area contributed by atoms with Gasteiger partial charge in [0.25, 0.3) is 5.91 Å². The summed E-state index contributed by atoms with van der Waals surface area (Å²) in [4.78, 5) is 24.8. The molecule has 0 bridgehead atoms. The van der Waals surface area contributed by atoms with Gasteiger partial charge in [0.2, 0.25) is 5.91 Å². The van der Waals surface area contributed by atoms with Gasteiger partial charge in [-0.1, -0.05) is 0 Å². The second-order valence-corrected chi connectivity index (χ2v) is 5.37. The molecule has 0 aliphatic heterocycles. The largest absolute Gasteiger partial charge is 0.352 e. The molecule has 0 saturated heterocycles. The number of hydrogen-bond acceptors (Lipinski definition) is 2. The molecule has 1 aromatic rings. The molecule has 1 aromatic carbocycles. The number of rotatable bonds is 4. The van der Waals surface area contributed by atoms with Crippen molar-refractivity contribution in [2.24, 2.45) is 0 Å². The Hall–Kier alpha value is -1.43. The number of benzene rings is 1. The third kappa shape index (κ3) is 4.63. The molecule has 104 valence electrons. The summed E-state index contributed by atoms with van der Waals surface area (Å²) in [7, 11) is 1.50. The van der Waals surface area contributed by atoms with Crippen LogP contribution >= 0.6 is 15.9 Å². The Morgan fingerprint density at radius 1 is 1.42 bits per heavy atom. The first-order valence-electron chi connectivity index (χ1n) is 5.81. The average Bonchev–Trinajstić information content (AvgIpc) is 2.30. The monoisotopic (exact) mass is 330 g/mol. The van der Waals surface area contributed by atoms with Gasteiger partial charge in [-0.25, -0.2) is 4.39 Å². The van der Waals surface area contributed by atoms with Crippen molar-refractivity contribution in [2.45, 2.75) is 19.9 Å². The average molecular weight is 331 g/mol. The molecule has 4 nitrogen and oxygen atoms in total. The second kappa shape index (κ2) is 6.65. The molecular formula is C13H16BrFN2O2. The Kier molecular flexibility index (Phi) is 5.47. The molecule has 1 N–H and O–H groups in total. The molecule has 0 saturated carbocycles. The number of carbonyl (C=O) groups excluding carboxylic acids is 2. The van der Waals surface area contributed by atoms with E-state index in [1.807, 2.05) is 13.8 Å². The van der Waals surface area contributed by atoms with Gasteiger partial charge in [-0.3, -0.25) is 9.59 Å². The van der Waals surface area contributed by atoms with Gasteiger partial charge in [0.1, 0.15) is 5.82 Å². The fourth-order valence-electron chi connectivity index (χ4n) is 1.50. The molecule has 0 aromatic heterocycles. The molecule has 0 spiro atoms. The minimum absolute atomic E-state index is 0.0149. The molecular weight excluding hydrogens is 315 g/mol. The molecule has 0 aliphatic rings. The molecule has 6 heteroatoms. The third-order valence-electron chi connectivity index (χ3n) is 2.34. The molecule has 0 fully saturated rings. The van der Waals surface area contributed by atoms with Gasteiger partial charge in [-0.15, -0.1) is 0 Å².